The van der Waals surface area contributed by atoms with Gasteiger partial charge in [-0.15, -0.1) is 11.3 Å². The number of nitrogens with zero attached hydrogens (tertiary/aromatic N) is 2. The van der Waals surface area contributed by atoms with Crippen molar-refractivity contribution in [3.05, 3.63) is 40.9 Å². The predicted octanol–water partition coefficient (Wildman–Crippen LogP) is 5.05. The fourth-order valence-corrected chi connectivity index (χ4v) is 4.27. The van der Waals surface area contributed by atoms with Crippen LogP contribution >= 0.6 is 11.3 Å². The fraction of sp³-hybridized carbons (Fsp3) is 0.545. The lowest BCUT2D eigenvalue weighted by atomic mass is 10.0. The van der Waals surface area contributed by atoms with E-state index in [1.807, 2.05) is 30.5 Å². The smallest absolute Gasteiger partial charge is 0.266 e. The Balaban J connectivity index is 1.52. The SMILES string of the molecule is CC(Oc1ccc(C(C)C)cc1)C(=O)Nc1ncc(CN2CCCCC2C)s1. The number of nitrogens with one attached hydrogen (secondary N) is 1. The molecule has 1 aliphatic heterocycles. The summed E-state index contributed by atoms with van der Waals surface area (Å²) in [5, 5.41) is 3.52. The first-order valence-electron chi connectivity index (χ1n) is 10.2. The van der Waals surface area contributed by atoms with E-state index in [-0.39, 0.29) is 5.91 Å². The number of carbonyl (C=O) groups is 1. The zero-order valence-corrected chi connectivity index (χ0v) is 18.1. The predicted molar refractivity (Wildman–Crippen MR) is 115 cm³/mol. The Hall–Kier alpha value is -1.92. The monoisotopic (exact) mass is 401 g/mol. The number of likely N-dealkylation sites (tertiary alicyclic amines) is 1. The van der Waals surface area contributed by atoms with Crippen LogP contribution in [-0.4, -0.2) is 34.5 Å². The lowest BCUT2D eigenvalue weighted by Crippen LogP contribution is -2.36. The van der Waals surface area contributed by atoms with Crippen LogP contribution in [0, 0.1) is 0 Å². The molecule has 3 rings (SSSR count). The molecule has 2 unspecified atom stereocenters. The van der Waals surface area contributed by atoms with Crippen LogP contribution < -0.4 is 10.1 Å². The maximum Gasteiger partial charge on any atom is 0.266 e. The Kier molecular flexibility index (Phi) is 7.08. The molecule has 28 heavy (non-hydrogen) atoms. The molecule has 0 bridgehead atoms. The topological polar surface area (TPSA) is 54.5 Å². The number of aromatic nitrogens is 1. The number of ether oxygens (including phenoxy) is 1. The highest BCUT2D eigenvalue weighted by atomic mass is 32.1. The van der Waals surface area contributed by atoms with Gasteiger partial charge in [0.25, 0.3) is 5.91 Å². The van der Waals surface area contributed by atoms with Crippen LogP contribution in [0.4, 0.5) is 5.13 Å². The summed E-state index contributed by atoms with van der Waals surface area (Å²) in [7, 11) is 0. The molecule has 0 aliphatic carbocycles. The average Bonchev–Trinajstić information content (AvgIpc) is 3.11. The van der Waals surface area contributed by atoms with Crippen molar-refractivity contribution >= 4 is 22.4 Å². The van der Waals surface area contributed by atoms with E-state index >= 15 is 0 Å². The Labute approximate surface area is 172 Å². The molecular formula is C22H31N3O2S. The average molecular weight is 402 g/mol. The Bertz CT molecular complexity index is 772. The third kappa shape index (κ3) is 5.55. The normalized spacial score (nSPS) is 18.8. The van der Waals surface area contributed by atoms with Gasteiger partial charge < -0.3 is 4.74 Å². The minimum atomic E-state index is -0.584. The molecule has 0 spiro atoms. The fourth-order valence-electron chi connectivity index (χ4n) is 3.43. The maximum absolute atomic E-state index is 12.5. The molecule has 1 N–H and O–H groups in total. The van der Waals surface area contributed by atoms with E-state index in [9.17, 15) is 4.79 Å². The molecule has 2 atom stereocenters. The van der Waals surface area contributed by atoms with Crippen molar-refractivity contribution in [2.24, 2.45) is 0 Å². The summed E-state index contributed by atoms with van der Waals surface area (Å²) < 4.78 is 5.78. The number of hydrogen-bond donors (Lipinski definition) is 1. The minimum absolute atomic E-state index is 0.180. The van der Waals surface area contributed by atoms with Gasteiger partial charge in [0.05, 0.1) is 0 Å². The van der Waals surface area contributed by atoms with Crippen molar-refractivity contribution in [3.8, 4) is 5.75 Å². The van der Waals surface area contributed by atoms with Crippen LogP contribution in [0.3, 0.4) is 0 Å². The third-order valence-corrected chi connectivity index (χ3v) is 6.21. The molecule has 1 aliphatic rings. The van der Waals surface area contributed by atoms with Crippen molar-refractivity contribution in [2.75, 3.05) is 11.9 Å². The summed E-state index contributed by atoms with van der Waals surface area (Å²) in [6.45, 7) is 10.4. The lowest BCUT2D eigenvalue weighted by Gasteiger charge is -2.32. The van der Waals surface area contributed by atoms with Crippen LogP contribution in [0.25, 0.3) is 0 Å². The Morgan fingerprint density at radius 1 is 1.29 bits per heavy atom. The second kappa shape index (κ2) is 9.52. The van der Waals surface area contributed by atoms with Gasteiger partial charge in [-0.1, -0.05) is 32.4 Å². The highest BCUT2D eigenvalue weighted by molar-refractivity contribution is 7.15. The number of carbonyl (C=O) groups excluding carboxylic acids is 1. The molecule has 1 saturated heterocycles. The third-order valence-electron chi connectivity index (χ3n) is 5.31. The summed E-state index contributed by atoms with van der Waals surface area (Å²) in [5.41, 5.74) is 1.25. The second-order valence-electron chi connectivity index (χ2n) is 7.92. The molecule has 1 aromatic carbocycles. The Morgan fingerprint density at radius 3 is 2.71 bits per heavy atom. The summed E-state index contributed by atoms with van der Waals surface area (Å²) in [5.74, 6) is 0.993. The van der Waals surface area contributed by atoms with Gasteiger partial charge in [-0.3, -0.25) is 15.0 Å². The van der Waals surface area contributed by atoms with E-state index in [2.05, 4.69) is 36.0 Å². The molecule has 2 aromatic rings. The molecule has 0 saturated carbocycles. The summed E-state index contributed by atoms with van der Waals surface area (Å²) in [4.78, 5) is 20.5. The quantitative estimate of drug-likeness (QED) is 0.706. The molecule has 5 nitrogen and oxygen atoms in total. The second-order valence-corrected chi connectivity index (χ2v) is 9.04. The first kappa shape index (κ1) is 20.8. The first-order chi connectivity index (χ1) is 13.4. The van der Waals surface area contributed by atoms with E-state index in [0.29, 0.717) is 22.8 Å². The molecule has 2 heterocycles. The standard InChI is InChI=1S/C22H31N3O2S/c1-15(2)18-8-10-19(11-9-18)27-17(4)21(26)24-22-23-13-20(28-22)14-25-12-6-5-7-16(25)3/h8-11,13,15-17H,5-7,12,14H2,1-4H3,(H,23,24,26). The van der Waals surface area contributed by atoms with Crippen molar-refractivity contribution in [2.45, 2.75) is 71.6 Å². The van der Waals surface area contributed by atoms with Crippen molar-refractivity contribution in [3.63, 3.8) is 0 Å². The van der Waals surface area contributed by atoms with E-state index in [1.54, 1.807) is 18.3 Å². The van der Waals surface area contributed by atoms with Crippen LogP contribution in [0.5, 0.6) is 5.75 Å². The van der Waals surface area contributed by atoms with E-state index in [4.69, 9.17) is 4.74 Å². The number of anilines is 1. The van der Waals surface area contributed by atoms with Crippen LogP contribution in [-0.2, 0) is 11.3 Å². The summed E-state index contributed by atoms with van der Waals surface area (Å²) >= 11 is 1.55. The van der Waals surface area contributed by atoms with Gasteiger partial charge in [-0.05, 0) is 56.8 Å². The molecule has 1 aromatic heterocycles. The number of amides is 1. The highest BCUT2D eigenvalue weighted by Gasteiger charge is 2.20. The number of hydrogen-bond acceptors (Lipinski definition) is 5. The van der Waals surface area contributed by atoms with E-state index in [1.165, 1.54) is 29.7 Å². The highest BCUT2D eigenvalue weighted by Crippen LogP contribution is 2.25. The van der Waals surface area contributed by atoms with Gasteiger partial charge in [0, 0.05) is 23.7 Å². The minimum Gasteiger partial charge on any atom is -0.481 e. The van der Waals surface area contributed by atoms with Gasteiger partial charge >= 0.3 is 0 Å². The van der Waals surface area contributed by atoms with Gasteiger partial charge in [0.15, 0.2) is 11.2 Å². The zero-order chi connectivity index (χ0) is 20.1. The van der Waals surface area contributed by atoms with E-state index < -0.39 is 6.10 Å². The molecule has 1 amide bonds. The van der Waals surface area contributed by atoms with Crippen molar-refractivity contribution < 1.29 is 9.53 Å². The molecule has 0 radical (unpaired) electrons. The molecular weight excluding hydrogens is 370 g/mol. The van der Waals surface area contributed by atoms with Crippen molar-refractivity contribution in [1.29, 1.82) is 0 Å². The zero-order valence-electron chi connectivity index (χ0n) is 17.3. The van der Waals surface area contributed by atoms with Crippen LogP contribution in [0.1, 0.15) is 63.3 Å². The van der Waals surface area contributed by atoms with E-state index in [0.717, 1.165) is 13.1 Å². The van der Waals surface area contributed by atoms with Gasteiger partial charge in [0.1, 0.15) is 5.75 Å². The molecule has 152 valence electrons. The summed E-state index contributed by atoms with van der Waals surface area (Å²) in [6.07, 6.45) is 5.13. The van der Waals surface area contributed by atoms with Gasteiger partial charge in [-0.2, -0.15) is 0 Å². The molecule has 1 fully saturated rings. The lowest BCUT2D eigenvalue weighted by molar-refractivity contribution is -0.122. The van der Waals surface area contributed by atoms with Gasteiger partial charge in [0.2, 0.25) is 0 Å². The Morgan fingerprint density at radius 2 is 2.04 bits per heavy atom. The largest absolute Gasteiger partial charge is 0.481 e. The van der Waals surface area contributed by atoms with Crippen molar-refractivity contribution in [1.82, 2.24) is 9.88 Å². The summed E-state index contributed by atoms with van der Waals surface area (Å²) in [6, 6.07) is 8.53. The molecule has 6 heteroatoms. The number of piperidine rings is 1. The van der Waals surface area contributed by atoms with Gasteiger partial charge in [-0.25, -0.2) is 4.98 Å². The first-order valence-corrected chi connectivity index (χ1v) is 11.0. The number of benzene rings is 1. The number of rotatable bonds is 7. The van der Waals surface area contributed by atoms with Crippen LogP contribution in [0.2, 0.25) is 0 Å². The number of thiazole rings is 1. The maximum atomic E-state index is 12.5. The van der Waals surface area contributed by atoms with Crippen LogP contribution in [0.15, 0.2) is 30.5 Å².